The number of rotatable bonds is 8. The van der Waals surface area contributed by atoms with Crippen molar-refractivity contribution in [1.29, 1.82) is 0 Å². The molecular formula is C27H40N4O2. The molecule has 0 aliphatic heterocycles. The molecule has 2 aromatic carbocycles. The highest BCUT2D eigenvalue weighted by Crippen LogP contribution is 2.29. The van der Waals surface area contributed by atoms with Gasteiger partial charge in [-0.3, -0.25) is 4.79 Å². The van der Waals surface area contributed by atoms with Crippen LogP contribution in [0.25, 0.3) is 0 Å². The third-order valence-electron chi connectivity index (χ3n) is 5.30. The van der Waals surface area contributed by atoms with E-state index in [4.69, 9.17) is 0 Å². The average molecular weight is 453 g/mol. The van der Waals surface area contributed by atoms with Crippen molar-refractivity contribution >= 4 is 23.3 Å². The molecule has 2 N–H and O–H groups in total. The van der Waals surface area contributed by atoms with Gasteiger partial charge in [0.15, 0.2) is 0 Å². The van der Waals surface area contributed by atoms with Gasteiger partial charge >= 0.3 is 6.03 Å². The quantitative estimate of drug-likeness (QED) is 0.531. The smallest absolute Gasteiger partial charge is 0.318 e. The van der Waals surface area contributed by atoms with Crippen LogP contribution < -0.4 is 15.5 Å². The van der Waals surface area contributed by atoms with Crippen LogP contribution in [0, 0.1) is 5.41 Å². The Morgan fingerprint density at radius 3 is 2.15 bits per heavy atom. The fraction of sp³-hybridized carbons (Fsp3) is 0.481. The first-order chi connectivity index (χ1) is 15.4. The van der Waals surface area contributed by atoms with Gasteiger partial charge in [0.05, 0.1) is 12.6 Å². The zero-order valence-corrected chi connectivity index (χ0v) is 21.4. The molecule has 0 spiro atoms. The lowest BCUT2D eigenvalue weighted by Crippen LogP contribution is -2.43. The first-order valence-electron chi connectivity index (χ1n) is 11.6. The molecule has 6 nitrogen and oxygen atoms in total. The minimum absolute atomic E-state index is 0.0156. The Morgan fingerprint density at radius 1 is 0.970 bits per heavy atom. The molecule has 0 aliphatic rings. The highest BCUT2D eigenvalue weighted by Gasteiger charge is 2.24. The van der Waals surface area contributed by atoms with Gasteiger partial charge in [0.2, 0.25) is 5.91 Å². The van der Waals surface area contributed by atoms with E-state index < -0.39 is 0 Å². The number of nitrogens with one attached hydrogen (secondary N) is 2. The molecule has 0 saturated heterocycles. The second-order valence-corrected chi connectivity index (χ2v) is 10.3. The van der Waals surface area contributed by atoms with Crippen LogP contribution in [0.5, 0.6) is 0 Å². The van der Waals surface area contributed by atoms with Crippen LogP contribution in [0.3, 0.4) is 0 Å². The Balaban J connectivity index is 2.39. The van der Waals surface area contributed by atoms with E-state index in [1.54, 1.807) is 0 Å². The van der Waals surface area contributed by atoms with Crippen molar-refractivity contribution in [3.05, 3.63) is 59.7 Å². The Morgan fingerprint density at radius 2 is 1.61 bits per heavy atom. The van der Waals surface area contributed by atoms with E-state index in [2.05, 4.69) is 10.6 Å². The van der Waals surface area contributed by atoms with Crippen molar-refractivity contribution in [2.75, 3.05) is 24.3 Å². The van der Waals surface area contributed by atoms with E-state index in [0.29, 0.717) is 13.0 Å². The number of amides is 3. The summed E-state index contributed by atoms with van der Waals surface area (Å²) in [6.07, 6.45) is 0.436. The Labute approximate surface area is 199 Å². The van der Waals surface area contributed by atoms with Crippen LogP contribution >= 0.6 is 0 Å². The molecule has 0 fully saturated rings. The van der Waals surface area contributed by atoms with E-state index in [1.807, 2.05) is 114 Å². The van der Waals surface area contributed by atoms with Crippen LogP contribution in [-0.4, -0.2) is 37.0 Å². The first-order valence-corrected chi connectivity index (χ1v) is 11.6. The molecule has 1 atom stereocenters. The topological polar surface area (TPSA) is 64.7 Å². The van der Waals surface area contributed by atoms with Gasteiger partial charge in [-0.05, 0) is 55.5 Å². The molecule has 33 heavy (non-hydrogen) atoms. The SMILES string of the molecule is CC(C)NC(=O)N(Cc1cc(NC(=O)CC(C)(C)C)ccc1N(C)C)C(C)c1ccccc1. The zero-order valence-electron chi connectivity index (χ0n) is 21.4. The summed E-state index contributed by atoms with van der Waals surface area (Å²) in [5.74, 6) is -0.0156. The van der Waals surface area contributed by atoms with Crippen molar-refractivity contribution in [3.8, 4) is 0 Å². The van der Waals surface area contributed by atoms with Crippen LogP contribution in [0.2, 0.25) is 0 Å². The van der Waals surface area contributed by atoms with Crippen LogP contribution in [0.4, 0.5) is 16.2 Å². The third kappa shape index (κ3) is 8.12. The number of hydrogen-bond acceptors (Lipinski definition) is 3. The molecular weight excluding hydrogens is 412 g/mol. The fourth-order valence-corrected chi connectivity index (χ4v) is 3.72. The lowest BCUT2D eigenvalue weighted by Gasteiger charge is -2.32. The third-order valence-corrected chi connectivity index (χ3v) is 5.30. The summed E-state index contributed by atoms with van der Waals surface area (Å²) in [5.41, 5.74) is 3.69. The predicted octanol–water partition coefficient (Wildman–Crippen LogP) is 5.81. The number of benzene rings is 2. The average Bonchev–Trinajstić information content (AvgIpc) is 2.70. The molecule has 0 bridgehead atoms. The second-order valence-electron chi connectivity index (χ2n) is 10.3. The lowest BCUT2D eigenvalue weighted by atomic mass is 9.92. The number of carbonyl (C=O) groups is 2. The minimum Gasteiger partial charge on any atom is -0.377 e. The summed E-state index contributed by atoms with van der Waals surface area (Å²) in [6.45, 7) is 12.5. The van der Waals surface area contributed by atoms with Crippen molar-refractivity contribution in [3.63, 3.8) is 0 Å². The summed E-state index contributed by atoms with van der Waals surface area (Å²) >= 11 is 0. The van der Waals surface area contributed by atoms with E-state index in [-0.39, 0.29) is 29.4 Å². The van der Waals surface area contributed by atoms with Crippen LogP contribution in [0.15, 0.2) is 48.5 Å². The predicted molar refractivity (Wildman–Crippen MR) is 138 cm³/mol. The van der Waals surface area contributed by atoms with E-state index in [9.17, 15) is 9.59 Å². The van der Waals surface area contributed by atoms with Gasteiger partial charge < -0.3 is 20.4 Å². The van der Waals surface area contributed by atoms with Gasteiger partial charge in [-0.15, -0.1) is 0 Å². The Kier molecular flexibility index (Phi) is 8.91. The number of carbonyl (C=O) groups excluding carboxylic acids is 2. The normalized spacial score (nSPS) is 12.3. The van der Waals surface area contributed by atoms with Crippen molar-refractivity contribution < 1.29 is 9.59 Å². The molecule has 2 aromatic rings. The number of anilines is 2. The number of nitrogens with zero attached hydrogens (tertiary/aromatic N) is 2. The summed E-state index contributed by atoms with van der Waals surface area (Å²) in [6, 6.07) is 15.7. The molecule has 6 heteroatoms. The van der Waals surface area contributed by atoms with Crippen molar-refractivity contribution in [2.45, 2.75) is 66.6 Å². The van der Waals surface area contributed by atoms with Crippen molar-refractivity contribution in [1.82, 2.24) is 10.2 Å². The van der Waals surface area contributed by atoms with Crippen LogP contribution in [-0.2, 0) is 11.3 Å². The van der Waals surface area contributed by atoms with Gasteiger partial charge in [-0.1, -0.05) is 51.1 Å². The molecule has 1 unspecified atom stereocenters. The molecule has 180 valence electrons. The first kappa shape index (κ1) is 26.2. The largest absolute Gasteiger partial charge is 0.377 e. The van der Waals surface area contributed by atoms with E-state index in [1.165, 1.54) is 0 Å². The maximum absolute atomic E-state index is 13.2. The van der Waals surface area contributed by atoms with Gasteiger partial charge in [0.1, 0.15) is 0 Å². The highest BCUT2D eigenvalue weighted by molar-refractivity contribution is 5.91. The van der Waals surface area contributed by atoms with E-state index in [0.717, 1.165) is 22.5 Å². The molecule has 3 amide bonds. The molecule has 2 rings (SSSR count). The molecule has 0 aromatic heterocycles. The zero-order chi connectivity index (χ0) is 24.8. The monoisotopic (exact) mass is 452 g/mol. The summed E-state index contributed by atoms with van der Waals surface area (Å²) in [4.78, 5) is 29.6. The lowest BCUT2D eigenvalue weighted by molar-refractivity contribution is -0.117. The van der Waals surface area contributed by atoms with Crippen LogP contribution in [0.1, 0.15) is 65.1 Å². The molecule has 0 heterocycles. The highest BCUT2D eigenvalue weighted by atomic mass is 16.2. The minimum atomic E-state index is -0.126. The fourth-order valence-electron chi connectivity index (χ4n) is 3.72. The van der Waals surface area contributed by atoms with Gasteiger partial charge in [0.25, 0.3) is 0 Å². The summed E-state index contributed by atoms with van der Waals surface area (Å²) in [7, 11) is 3.96. The Hall–Kier alpha value is -3.02. The Bertz CT molecular complexity index is 933. The summed E-state index contributed by atoms with van der Waals surface area (Å²) in [5, 5.41) is 6.06. The summed E-state index contributed by atoms with van der Waals surface area (Å²) < 4.78 is 0. The van der Waals surface area contributed by atoms with Crippen molar-refractivity contribution in [2.24, 2.45) is 5.41 Å². The standard InChI is InChI=1S/C27H40N4O2/c1-19(2)28-26(33)31(20(3)21-12-10-9-11-13-21)18-22-16-23(14-15-24(22)30(7)8)29-25(32)17-27(4,5)6/h9-16,19-20H,17-18H2,1-8H3,(H,28,33)(H,29,32). The van der Waals surface area contributed by atoms with E-state index >= 15 is 0 Å². The number of hydrogen-bond donors (Lipinski definition) is 2. The van der Waals surface area contributed by atoms with Gasteiger partial charge in [0, 0.05) is 37.9 Å². The van der Waals surface area contributed by atoms with Gasteiger partial charge in [-0.2, -0.15) is 0 Å². The molecule has 0 radical (unpaired) electrons. The second kappa shape index (κ2) is 11.2. The van der Waals surface area contributed by atoms with Gasteiger partial charge in [-0.25, -0.2) is 4.79 Å². The maximum Gasteiger partial charge on any atom is 0.318 e. The maximum atomic E-state index is 13.2. The molecule has 0 saturated carbocycles. The number of urea groups is 1. The molecule has 0 aliphatic carbocycles.